The lowest BCUT2D eigenvalue weighted by Gasteiger charge is -2.37. The maximum atomic E-state index is 10.7. The minimum Gasteiger partial charge on any atom is -0.476 e. The summed E-state index contributed by atoms with van der Waals surface area (Å²) < 4.78 is 7.03. The Bertz CT molecular complexity index is 615. The Balaban J connectivity index is 1.54. The van der Waals surface area contributed by atoms with Crippen molar-refractivity contribution in [2.75, 3.05) is 13.1 Å². The molecule has 106 valence electrons. The number of carboxylic acids is 1. The second-order valence-electron chi connectivity index (χ2n) is 4.68. The number of hydrogen-bond acceptors (Lipinski definition) is 7. The highest BCUT2D eigenvalue weighted by molar-refractivity contribution is 5.84. The zero-order valence-corrected chi connectivity index (χ0v) is 10.9. The molecule has 2 aromatic heterocycles. The molecule has 0 amide bonds. The average molecular weight is 278 g/mol. The van der Waals surface area contributed by atoms with Crippen molar-refractivity contribution in [2.24, 2.45) is 0 Å². The van der Waals surface area contributed by atoms with E-state index in [0.717, 1.165) is 19.5 Å². The lowest BCUT2D eigenvalue weighted by Crippen LogP contribution is -2.47. The number of carboxylic acid groups (broad SMARTS) is 1. The molecule has 1 saturated heterocycles. The van der Waals surface area contributed by atoms with E-state index in [1.54, 1.807) is 4.68 Å². The maximum Gasteiger partial charge on any atom is 0.358 e. The molecule has 1 N–H and O–H groups in total. The van der Waals surface area contributed by atoms with Gasteiger partial charge in [-0.2, -0.15) is 0 Å². The molecule has 0 atom stereocenters. The molecule has 1 aliphatic heterocycles. The fourth-order valence-corrected chi connectivity index (χ4v) is 2.08. The zero-order valence-electron chi connectivity index (χ0n) is 10.9. The molecular formula is C11H14N6O3. The minimum atomic E-state index is -1.06. The van der Waals surface area contributed by atoms with Gasteiger partial charge in [-0.05, 0) is 0 Å². The highest BCUT2D eigenvalue weighted by Gasteiger charge is 2.30. The van der Waals surface area contributed by atoms with E-state index >= 15 is 0 Å². The molecule has 3 rings (SSSR count). The molecule has 0 radical (unpaired) electrons. The van der Waals surface area contributed by atoms with Crippen LogP contribution in [0.15, 0.2) is 10.6 Å². The topological polar surface area (TPSA) is 110 Å². The Morgan fingerprint density at radius 2 is 2.15 bits per heavy atom. The Morgan fingerprint density at radius 3 is 2.75 bits per heavy atom. The van der Waals surface area contributed by atoms with Crippen molar-refractivity contribution >= 4 is 5.97 Å². The molecule has 1 fully saturated rings. The van der Waals surface area contributed by atoms with Crippen LogP contribution in [-0.4, -0.2) is 54.3 Å². The van der Waals surface area contributed by atoms with Gasteiger partial charge in [-0.3, -0.25) is 4.90 Å². The molecule has 1 aliphatic rings. The van der Waals surface area contributed by atoms with E-state index in [0.29, 0.717) is 18.3 Å². The zero-order chi connectivity index (χ0) is 14.1. The van der Waals surface area contributed by atoms with Crippen molar-refractivity contribution in [3.63, 3.8) is 0 Å². The number of rotatable bonds is 5. The smallest absolute Gasteiger partial charge is 0.358 e. The van der Waals surface area contributed by atoms with Crippen LogP contribution in [0, 0.1) is 0 Å². The van der Waals surface area contributed by atoms with Gasteiger partial charge in [-0.25, -0.2) is 9.48 Å². The molecule has 0 spiro atoms. The van der Waals surface area contributed by atoms with E-state index in [1.807, 2.05) is 6.92 Å². The molecule has 9 heteroatoms. The molecule has 0 saturated carbocycles. The quantitative estimate of drug-likeness (QED) is 0.812. The fourth-order valence-electron chi connectivity index (χ4n) is 2.08. The Morgan fingerprint density at radius 1 is 1.40 bits per heavy atom. The van der Waals surface area contributed by atoms with Crippen LogP contribution in [-0.2, 0) is 13.0 Å². The molecule has 2 aromatic rings. The van der Waals surface area contributed by atoms with E-state index in [9.17, 15) is 4.79 Å². The molecule has 20 heavy (non-hydrogen) atoms. The van der Waals surface area contributed by atoms with Crippen LogP contribution in [0.2, 0.25) is 0 Å². The van der Waals surface area contributed by atoms with Gasteiger partial charge in [0.2, 0.25) is 11.8 Å². The van der Waals surface area contributed by atoms with Crippen LogP contribution in [0.4, 0.5) is 0 Å². The Kier molecular flexibility index (Phi) is 3.18. The molecule has 0 unspecified atom stereocenters. The summed E-state index contributed by atoms with van der Waals surface area (Å²) in [5.74, 6) is 0.176. The van der Waals surface area contributed by atoms with Crippen LogP contribution in [0.3, 0.4) is 0 Å². The first-order valence-corrected chi connectivity index (χ1v) is 6.34. The van der Waals surface area contributed by atoms with Crippen molar-refractivity contribution in [3.05, 3.63) is 23.7 Å². The number of carbonyl (C=O) groups is 1. The SMILES string of the molecule is CCc1nnc(CN2CC(n3cc(C(=O)O)nn3)C2)o1. The first-order valence-electron chi connectivity index (χ1n) is 6.34. The lowest BCUT2D eigenvalue weighted by molar-refractivity contribution is 0.0689. The number of aryl methyl sites for hydroxylation is 1. The van der Waals surface area contributed by atoms with Crippen LogP contribution in [0.5, 0.6) is 0 Å². The number of hydrogen-bond donors (Lipinski definition) is 1. The molecule has 3 heterocycles. The summed E-state index contributed by atoms with van der Waals surface area (Å²) in [4.78, 5) is 12.9. The van der Waals surface area contributed by atoms with Gasteiger partial charge < -0.3 is 9.52 Å². The first kappa shape index (κ1) is 12.7. The summed E-state index contributed by atoms with van der Waals surface area (Å²) in [5, 5.41) is 24.1. The monoisotopic (exact) mass is 278 g/mol. The number of aromatic nitrogens is 5. The highest BCUT2D eigenvalue weighted by atomic mass is 16.4. The number of likely N-dealkylation sites (tertiary alicyclic amines) is 1. The Hall–Kier alpha value is -2.29. The van der Waals surface area contributed by atoms with Gasteiger partial charge in [0.05, 0.1) is 18.8 Å². The van der Waals surface area contributed by atoms with Gasteiger partial charge in [0.15, 0.2) is 5.69 Å². The van der Waals surface area contributed by atoms with Gasteiger partial charge in [0, 0.05) is 19.5 Å². The molecule has 9 nitrogen and oxygen atoms in total. The van der Waals surface area contributed by atoms with Gasteiger partial charge in [0.25, 0.3) is 0 Å². The van der Waals surface area contributed by atoms with E-state index in [-0.39, 0.29) is 11.7 Å². The number of nitrogens with zero attached hydrogens (tertiary/aromatic N) is 6. The summed E-state index contributed by atoms with van der Waals surface area (Å²) in [5.41, 5.74) is -0.0343. The van der Waals surface area contributed by atoms with Crippen molar-refractivity contribution in [3.8, 4) is 0 Å². The van der Waals surface area contributed by atoms with Gasteiger partial charge >= 0.3 is 5.97 Å². The highest BCUT2D eigenvalue weighted by Crippen LogP contribution is 2.22. The summed E-state index contributed by atoms with van der Waals surface area (Å²) in [6.45, 7) is 4.07. The van der Waals surface area contributed by atoms with Gasteiger partial charge in [0.1, 0.15) is 0 Å². The minimum absolute atomic E-state index is 0.0343. The Labute approximate surface area is 114 Å². The van der Waals surface area contributed by atoms with E-state index in [2.05, 4.69) is 25.4 Å². The third kappa shape index (κ3) is 2.39. The molecule has 0 aromatic carbocycles. The summed E-state index contributed by atoms with van der Waals surface area (Å²) >= 11 is 0. The van der Waals surface area contributed by atoms with E-state index in [1.165, 1.54) is 6.20 Å². The predicted molar refractivity (Wildman–Crippen MR) is 65.0 cm³/mol. The van der Waals surface area contributed by atoms with Crippen LogP contribution >= 0.6 is 0 Å². The largest absolute Gasteiger partial charge is 0.476 e. The second kappa shape index (κ2) is 5.00. The third-order valence-corrected chi connectivity index (χ3v) is 3.21. The third-order valence-electron chi connectivity index (χ3n) is 3.21. The summed E-state index contributed by atoms with van der Waals surface area (Å²) in [6, 6.07) is 0.143. The van der Waals surface area contributed by atoms with Crippen LogP contribution < -0.4 is 0 Å². The lowest BCUT2D eigenvalue weighted by atomic mass is 10.1. The normalized spacial score (nSPS) is 16.2. The maximum absolute atomic E-state index is 10.7. The van der Waals surface area contributed by atoms with E-state index < -0.39 is 5.97 Å². The predicted octanol–water partition coefficient (Wildman–Crippen LogP) is -0.0214. The van der Waals surface area contributed by atoms with Gasteiger partial charge in [-0.1, -0.05) is 12.1 Å². The van der Waals surface area contributed by atoms with E-state index in [4.69, 9.17) is 9.52 Å². The molecule has 0 aliphatic carbocycles. The fraction of sp³-hybridized carbons (Fsp3) is 0.545. The standard InChI is InChI=1S/C11H14N6O3/c1-2-9-13-14-10(20-9)6-16-3-7(4-16)17-5-8(11(18)19)12-15-17/h5,7H,2-4,6H2,1H3,(H,18,19). The van der Waals surface area contributed by atoms with Crippen molar-refractivity contribution < 1.29 is 14.3 Å². The van der Waals surface area contributed by atoms with Gasteiger partial charge in [-0.15, -0.1) is 15.3 Å². The molecule has 0 bridgehead atoms. The summed E-state index contributed by atoms with van der Waals surface area (Å²) in [7, 11) is 0. The van der Waals surface area contributed by atoms with Crippen molar-refractivity contribution in [2.45, 2.75) is 25.9 Å². The average Bonchev–Trinajstić information content (AvgIpc) is 3.02. The van der Waals surface area contributed by atoms with Crippen molar-refractivity contribution in [1.82, 2.24) is 30.1 Å². The molecular weight excluding hydrogens is 264 g/mol. The first-order chi connectivity index (χ1) is 9.65. The second-order valence-corrected chi connectivity index (χ2v) is 4.68. The number of aromatic carboxylic acids is 1. The summed E-state index contributed by atoms with van der Waals surface area (Å²) in [6.07, 6.45) is 2.18. The van der Waals surface area contributed by atoms with Crippen LogP contribution in [0.1, 0.15) is 35.2 Å². The van der Waals surface area contributed by atoms with Crippen LogP contribution in [0.25, 0.3) is 0 Å². The van der Waals surface area contributed by atoms with Crippen molar-refractivity contribution in [1.29, 1.82) is 0 Å².